The highest BCUT2D eigenvalue weighted by Gasteiger charge is 2.49. The van der Waals surface area contributed by atoms with Gasteiger partial charge in [-0.3, -0.25) is 14.3 Å². The fraction of sp³-hybridized carbons (Fsp3) is 0.564. The number of aromatic nitrogens is 2. The predicted octanol–water partition coefficient (Wildman–Crippen LogP) is 8.63. The highest BCUT2D eigenvalue weighted by molar-refractivity contribution is 6.03. The molecular weight excluding hydrogens is 574 g/mol. The molecule has 6 rings (SSSR count). The van der Waals surface area contributed by atoms with Crippen molar-refractivity contribution in [1.29, 1.82) is 0 Å². The standard InChI is InChI=1S/C39H51N3O4/c1-4-5-22-46-38(44)39(20-7-6-8-21-39)37(43)41-36(29-14-12-28(13-15-29)31-16-19-35(45-3)27(2)23-31)32-11-9-10-30(24-32)33-25-40-42(26-33)34-17-18-34/h9-11,16,19,23-26,28-29,34,36H,4-8,12-15,17-18,20-22H2,1-3H3,(H,41,43). The Morgan fingerprint density at radius 3 is 2.48 bits per heavy atom. The van der Waals surface area contributed by atoms with E-state index in [4.69, 9.17) is 9.47 Å². The monoisotopic (exact) mass is 625 g/mol. The molecule has 7 nitrogen and oxygen atoms in total. The molecule has 46 heavy (non-hydrogen) atoms. The average molecular weight is 626 g/mol. The SMILES string of the molecule is CCCCOC(=O)C1(C(=O)NC(c2cccc(-c3cnn(C4CC4)c3)c2)C2CCC(c3ccc(OC)c(C)c3)CC2)CCCCC1. The average Bonchev–Trinajstić information content (AvgIpc) is 3.83. The van der Waals surface area contributed by atoms with Gasteiger partial charge < -0.3 is 14.8 Å². The van der Waals surface area contributed by atoms with Crippen LogP contribution in [0, 0.1) is 18.3 Å². The number of ether oxygens (including phenoxy) is 2. The zero-order chi connectivity index (χ0) is 32.1. The summed E-state index contributed by atoms with van der Waals surface area (Å²) in [5.74, 6) is 1.18. The molecule has 1 aromatic heterocycles. The number of nitrogens with one attached hydrogen (secondary N) is 1. The summed E-state index contributed by atoms with van der Waals surface area (Å²) in [7, 11) is 1.72. The molecule has 3 aliphatic carbocycles. The van der Waals surface area contributed by atoms with Crippen LogP contribution in [0.4, 0.5) is 0 Å². The molecule has 7 heteroatoms. The molecule has 3 saturated carbocycles. The number of hydrogen-bond acceptors (Lipinski definition) is 5. The van der Waals surface area contributed by atoms with E-state index >= 15 is 0 Å². The van der Waals surface area contributed by atoms with E-state index < -0.39 is 5.41 Å². The largest absolute Gasteiger partial charge is 0.496 e. The van der Waals surface area contributed by atoms with Crippen LogP contribution >= 0.6 is 0 Å². The number of rotatable bonds is 12. The molecule has 1 heterocycles. The molecule has 0 spiro atoms. The van der Waals surface area contributed by atoms with E-state index in [0.717, 1.165) is 85.8 Å². The molecule has 3 fully saturated rings. The molecular formula is C39H51N3O4. The van der Waals surface area contributed by atoms with Crippen LogP contribution in [-0.2, 0) is 14.3 Å². The van der Waals surface area contributed by atoms with E-state index in [1.54, 1.807) is 7.11 Å². The maximum Gasteiger partial charge on any atom is 0.321 e. The second-order valence-corrected chi connectivity index (χ2v) is 14.0. The quantitative estimate of drug-likeness (QED) is 0.124. The number of unbranched alkanes of at least 4 members (excludes halogenated alkanes) is 1. The first-order chi connectivity index (χ1) is 22.4. The van der Waals surface area contributed by atoms with Crippen LogP contribution in [0.15, 0.2) is 54.9 Å². The van der Waals surface area contributed by atoms with Gasteiger partial charge in [0.05, 0.1) is 32.0 Å². The molecule has 0 bridgehead atoms. The van der Waals surface area contributed by atoms with Crippen molar-refractivity contribution >= 4 is 11.9 Å². The molecule has 3 aromatic rings. The number of carbonyl (C=O) groups excluding carboxylic acids is 2. The molecule has 3 aliphatic rings. The molecule has 0 saturated heterocycles. The number of benzene rings is 2. The van der Waals surface area contributed by atoms with Gasteiger partial charge in [-0.05, 0) is 111 Å². The first kappa shape index (κ1) is 32.3. The van der Waals surface area contributed by atoms with Crippen LogP contribution in [0.3, 0.4) is 0 Å². The van der Waals surface area contributed by atoms with Crippen LogP contribution in [0.5, 0.6) is 5.75 Å². The van der Waals surface area contributed by atoms with E-state index in [-0.39, 0.29) is 23.8 Å². The van der Waals surface area contributed by atoms with Gasteiger partial charge in [0, 0.05) is 11.8 Å². The number of aryl methyl sites for hydroxylation is 1. The molecule has 246 valence electrons. The Balaban J connectivity index is 1.26. The smallest absolute Gasteiger partial charge is 0.321 e. The van der Waals surface area contributed by atoms with Crippen molar-refractivity contribution in [3.05, 3.63) is 71.5 Å². The van der Waals surface area contributed by atoms with Crippen molar-refractivity contribution in [2.24, 2.45) is 11.3 Å². The fourth-order valence-corrected chi connectivity index (χ4v) is 7.76. The number of methoxy groups -OCH3 is 1. The molecule has 0 aliphatic heterocycles. The Hall–Kier alpha value is -3.61. The Morgan fingerprint density at radius 2 is 1.78 bits per heavy atom. The zero-order valence-corrected chi connectivity index (χ0v) is 27.9. The molecule has 1 unspecified atom stereocenters. The zero-order valence-electron chi connectivity index (χ0n) is 27.9. The van der Waals surface area contributed by atoms with Gasteiger partial charge in [0.1, 0.15) is 11.2 Å². The molecule has 2 aromatic carbocycles. The van der Waals surface area contributed by atoms with Gasteiger partial charge in [-0.25, -0.2) is 0 Å². The van der Waals surface area contributed by atoms with E-state index in [1.807, 2.05) is 6.20 Å². The molecule has 0 radical (unpaired) electrons. The highest BCUT2D eigenvalue weighted by atomic mass is 16.5. The summed E-state index contributed by atoms with van der Waals surface area (Å²) in [4.78, 5) is 28.0. The Morgan fingerprint density at radius 1 is 1.00 bits per heavy atom. The summed E-state index contributed by atoms with van der Waals surface area (Å²) >= 11 is 0. The third-order valence-electron chi connectivity index (χ3n) is 10.8. The van der Waals surface area contributed by atoms with Gasteiger partial charge in [0.2, 0.25) is 5.91 Å². The minimum absolute atomic E-state index is 0.154. The van der Waals surface area contributed by atoms with Crippen molar-refractivity contribution in [1.82, 2.24) is 15.1 Å². The van der Waals surface area contributed by atoms with Crippen molar-refractivity contribution in [2.45, 2.75) is 115 Å². The topological polar surface area (TPSA) is 82.5 Å². The molecule has 1 N–H and O–H groups in total. The first-order valence-corrected chi connectivity index (χ1v) is 17.7. The maximum atomic E-state index is 14.4. The minimum atomic E-state index is -1.11. The first-order valence-electron chi connectivity index (χ1n) is 17.7. The third-order valence-corrected chi connectivity index (χ3v) is 10.8. The Kier molecular flexibility index (Phi) is 10.1. The number of amides is 1. The van der Waals surface area contributed by atoms with Gasteiger partial charge >= 0.3 is 5.97 Å². The second kappa shape index (κ2) is 14.4. The minimum Gasteiger partial charge on any atom is -0.496 e. The lowest BCUT2D eigenvalue weighted by Crippen LogP contribution is -2.50. The lowest BCUT2D eigenvalue weighted by atomic mass is 9.71. The predicted molar refractivity (Wildman–Crippen MR) is 181 cm³/mol. The van der Waals surface area contributed by atoms with E-state index in [0.29, 0.717) is 31.4 Å². The van der Waals surface area contributed by atoms with Gasteiger partial charge in [0.15, 0.2) is 0 Å². The van der Waals surface area contributed by atoms with Crippen molar-refractivity contribution in [3.8, 4) is 16.9 Å². The summed E-state index contributed by atoms with van der Waals surface area (Å²) in [6.45, 7) is 4.56. The summed E-state index contributed by atoms with van der Waals surface area (Å²) in [6, 6.07) is 15.5. The van der Waals surface area contributed by atoms with Crippen LogP contribution in [0.1, 0.15) is 125 Å². The Bertz CT molecular complexity index is 1490. The summed E-state index contributed by atoms with van der Waals surface area (Å²) in [5, 5.41) is 8.13. The van der Waals surface area contributed by atoms with Gasteiger partial charge in [-0.15, -0.1) is 0 Å². The van der Waals surface area contributed by atoms with Crippen molar-refractivity contribution < 1.29 is 19.1 Å². The van der Waals surface area contributed by atoms with Gasteiger partial charge in [-0.2, -0.15) is 5.10 Å². The van der Waals surface area contributed by atoms with Gasteiger partial charge in [0.25, 0.3) is 0 Å². The summed E-state index contributed by atoms with van der Waals surface area (Å²) < 4.78 is 13.3. The van der Waals surface area contributed by atoms with E-state index in [1.165, 1.54) is 18.4 Å². The van der Waals surface area contributed by atoms with Crippen LogP contribution in [-0.4, -0.2) is 35.4 Å². The summed E-state index contributed by atoms with van der Waals surface area (Å²) in [6.07, 6.45) is 16.3. The van der Waals surface area contributed by atoms with Crippen LogP contribution < -0.4 is 10.1 Å². The van der Waals surface area contributed by atoms with E-state index in [2.05, 4.69) is 77.6 Å². The van der Waals surface area contributed by atoms with Crippen LogP contribution in [0.25, 0.3) is 11.1 Å². The normalized spacial score (nSPS) is 21.7. The number of esters is 1. The lowest BCUT2D eigenvalue weighted by Gasteiger charge is -2.39. The second-order valence-electron chi connectivity index (χ2n) is 14.0. The lowest BCUT2D eigenvalue weighted by molar-refractivity contribution is -0.164. The Labute approximate surface area is 274 Å². The molecule has 1 atom stereocenters. The maximum absolute atomic E-state index is 14.4. The highest BCUT2D eigenvalue weighted by Crippen LogP contribution is 2.44. The number of carbonyl (C=O) groups is 2. The van der Waals surface area contributed by atoms with E-state index in [9.17, 15) is 9.59 Å². The van der Waals surface area contributed by atoms with Crippen LogP contribution in [0.2, 0.25) is 0 Å². The summed E-state index contributed by atoms with van der Waals surface area (Å²) in [5.41, 5.74) is 4.73. The van der Waals surface area contributed by atoms with Gasteiger partial charge in [-0.1, -0.05) is 62.9 Å². The molecule has 1 amide bonds. The van der Waals surface area contributed by atoms with Crippen molar-refractivity contribution in [2.75, 3.05) is 13.7 Å². The number of nitrogens with zero attached hydrogens (tertiary/aromatic N) is 2. The third kappa shape index (κ3) is 7.03. The fourth-order valence-electron chi connectivity index (χ4n) is 7.76. The van der Waals surface area contributed by atoms with Crippen molar-refractivity contribution in [3.63, 3.8) is 0 Å². The number of hydrogen-bond donors (Lipinski definition) is 1.